The first kappa shape index (κ1) is 19.7. The molecule has 0 amide bonds. The van der Waals surface area contributed by atoms with Crippen LogP contribution in [0.1, 0.15) is 27.3 Å². The number of fused-ring (bicyclic) bond motifs is 1. The van der Waals surface area contributed by atoms with Crippen LogP contribution < -0.4 is 5.56 Å². The van der Waals surface area contributed by atoms with Gasteiger partial charge in [-0.25, -0.2) is 9.37 Å². The Bertz CT molecular complexity index is 1090. The third-order valence-electron chi connectivity index (χ3n) is 4.86. The molecule has 9 heteroatoms. The fraction of sp³-hybridized carbons (Fsp3) is 0.350. The Morgan fingerprint density at radius 2 is 1.97 bits per heavy atom. The lowest BCUT2D eigenvalue weighted by Gasteiger charge is -2.25. The molecule has 0 radical (unpaired) electrons. The van der Waals surface area contributed by atoms with Crippen molar-refractivity contribution in [2.75, 3.05) is 26.3 Å². The average Bonchev–Trinajstić information content (AvgIpc) is 3.13. The van der Waals surface area contributed by atoms with Gasteiger partial charge in [0.05, 0.1) is 13.2 Å². The molecule has 1 aliphatic heterocycles. The zero-order valence-corrected chi connectivity index (χ0v) is 16.5. The standard InChI is InChI=1S/C20H20FN3O4S/c21-14-4-1-13(2-5-14)3-6-16(25)17-18(26)19(27)24-12-15(29-20(24)22-17)11-23-7-9-28-10-8-23/h1-2,4-5,12,26H,3,6-11H2. The van der Waals surface area contributed by atoms with E-state index >= 15 is 0 Å². The van der Waals surface area contributed by atoms with Crippen LogP contribution in [0.2, 0.25) is 0 Å². The molecular weight excluding hydrogens is 397 g/mol. The summed E-state index contributed by atoms with van der Waals surface area (Å²) < 4.78 is 19.6. The smallest absolute Gasteiger partial charge is 0.301 e. The van der Waals surface area contributed by atoms with Crippen molar-refractivity contribution in [3.8, 4) is 5.75 Å². The number of carbonyl (C=O) groups excluding carboxylic acids is 1. The minimum Gasteiger partial charge on any atom is -0.501 e. The van der Waals surface area contributed by atoms with Gasteiger partial charge in [0.2, 0.25) is 5.75 Å². The Morgan fingerprint density at radius 3 is 2.69 bits per heavy atom. The van der Waals surface area contributed by atoms with Gasteiger partial charge in [0, 0.05) is 37.1 Å². The van der Waals surface area contributed by atoms with Crippen molar-refractivity contribution in [3.63, 3.8) is 0 Å². The fourth-order valence-corrected chi connectivity index (χ4v) is 4.26. The zero-order chi connectivity index (χ0) is 20.4. The number of thiazole rings is 1. The Kier molecular flexibility index (Phi) is 5.70. The Morgan fingerprint density at radius 1 is 1.24 bits per heavy atom. The van der Waals surface area contributed by atoms with Crippen molar-refractivity contribution >= 4 is 22.1 Å². The van der Waals surface area contributed by atoms with Gasteiger partial charge in [0.15, 0.2) is 16.4 Å². The molecule has 1 aliphatic rings. The number of morpholine rings is 1. The second-order valence-electron chi connectivity index (χ2n) is 6.90. The molecule has 2 aromatic heterocycles. The van der Waals surface area contributed by atoms with E-state index in [-0.39, 0.29) is 17.9 Å². The van der Waals surface area contributed by atoms with Crippen LogP contribution in [0, 0.1) is 5.82 Å². The first-order valence-corrected chi connectivity index (χ1v) is 10.1. The molecular formula is C20H20FN3O4S. The van der Waals surface area contributed by atoms with E-state index in [0.717, 1.165) is 23.5 Å². The quantitative estimate of drug-likeness (QED) is 0.620. The maximum Gasteiger partial charge on any atom is 0.301 e. The summed E-state index contributed by atoms with van der Waals surface area (Å²) in [5.41, 5.74) is -0.0672. The number of Topliss-reactive ketones (excluding diaryl/α,β-unsaturated/α-hetero) is 1. The van der Waals surface area contributed by atoms with Crippen LogP contribution >= 0.6 is 11.3 Å². The fourth-order valence-electron chi connectivity index (χ4n) is 3.25. The second-order valence-corrected chi connectivity index (χ2v) is 8.00. The van der Waals surface area contributed by atoms with Crippen LogP contribution in [-0.4, -0.2) is 51.5 Å². The lowest BCUT2D eigenvalue weighted by molar-refractivity contribution is 0.0346. The highest BCUT2D eigenvalue weighted by atomic mass is 32.1. The van der Waals surface area contributed by atoms with E-state index in [2.05, 4.69) is 9.88 Å². The van der Waals surface area contributed by atoms with E-state index in [1.807, 2.05) is 0 Å². The molecule has 0 bridgehead atoms. The summed E-state index contributed by atoms with van der Waals surface area (Å²) in [4.78, 5) is 32.9. The van der Waals surface area contributed by atoms with Gasteiger partial charge in [-0.3, -0.25) is 18.9 Å². The molecule has 3 heterocycles. The number of aromatic nitrogens is 2. The lowest BCUT2D eigenvalue weighted by Crippen LogP contribution is -2.35. The van der Waals surface area contributed by atoms with Crippen molar-refractivity contribution in [1.82, 2.24) is 14.3 Å². The molecule has 0 aliphatic carbocycles. The first-order chi connectivity index (χ1) is 14.0. The van der Waals surface area contributed by atoms with Crippen LogP contribution in [0.15, 0.2) is 35.3 Å². The molecule has 7 nitrogen and oxygen atoms in total. The Balaban J connectivity index is 1.54. The van der Waals surface area contributed by atoms with E-state index in [1.165, 1.54) is 27.9 Å². The highest BCUT2D eigenvalue weighted by Crippen LogP contribution is 2.21. The largest absolute Gasteiger partial charge is 0.501 e. The van der Waals surface area contributed by atoms with E-state index in [9.17, 15) is 19.1 Å². The second kappa shape index (κ2) is 8.40. The third kappa shape index (κ3) is 4.36. The molecule has 29 heavy (non-hydrogen) atoms. The van der Waals surface area contributed by atoms with Crippen LogP contribution in [0.5, 0.6) is 5.75 Å². The minimum atomic E-state index is -0.649. The van der Waals surface area contributed by atoms with Gasteiger partial charge < -0.3 is 9.84 Å². The molecule has 1 N–H and O–H groups in total. The molecule has 4 rings (SSSR count). The van der Waals surface area contributed by atoms with Gasteiger partial charge in [-0.1, -0.05) is 23.5 Å². The highest BCUT2D eigenvalue weighted by Gasteiger charge is 2.21. The summed E-state index contributed by atoms with van der Waals surface area (Å²) in [7, 11) is 0. The molecule has 152 valence electrons. The van der Waals surface area contributed by atoms with Crippen LogP contribution in [0.3, 0.4) is 0 Å². The van der Waals surface area contributed by atoms with E-state index < -0.39 is 17.1 Å². The SMILES string of the molecule is O=C(CCc1ccc(F)cc1)c1nc2sc(CN3CCOCC3)cn2c(=O)c1O. The number of carbonyl (C=O) groups is 1. The van der Waals surface area contributed by atoms with Gasteiger partial charge in [0.1, 0.15) is 5.82 Å². The summed E-state index contributed by atoms with van der Waals surface area (Å²) in [6.07, 6.45) is 2.09. The maximum atomic E-state index is 13.0. The number of ketones is 1. The zero-order valence-electron chi connectivity index (χ0n) is 15.6. The van der Waals surface area contributed by atoms with Gasteiger partial charge in [-0.15, -0.1) is 0 Å². The number of aromatic hydroxyl groups is 1. The van der Waals surface area contributed by atoms with E-state index in [1.54, 1.807) is 18.3 Å². The van der Waals surface area contributed by atoms with Gasteiger partial charge in [0.25, 0.3) is 0 Å². The van der Waals surface area contributed by atoms with Gasteiger partial charge >= 0.3 is 5.56 Å². The number of halogens is 1. The molecule has 0 spiro atoms. The molecule has 0 unspecified atom stereocenters. The Hall–Kier alpha value is -2.62. The number of hydrogen-bond acceptors (Lipinski definition) is 7. The number of aryl methyl sites for hydroxylation is 1. The van der Waals surface area contributed by atoms with Crippen molar-refractivity contribution in [1.29, 1.82) is 0 Å². The lowest BCUT2D eigenvalue weighted by atomic mass is 10.1. The molecule has 0 saturated carbocycles. The monoisotopic (exact) mass is 417 g/mol. The highest BCUT2D eigenvalue weighted by molar-refractivity contribution is 7.17. The van der Waals surface area contributed by atoms with Gasteiger partial charge in [-0.05, 0) is 24.1 Å². The van der Waals surface area contributed by atoms with Crippen LogP contribution in [0.25, 0.3) is 4.96 Å². The van der Waals surface area contributed by atoms with Crippen molar-refractivity contribution in [2.24, 2.45) is 0 Å². The number of rotatable bonds is 6. The normalized spacial score (nSPS) is 15.1. The summed E-state index contributed by atoms with van der Waals surface area (Å²) in [6.45, 7) is 3.64. The van der Waals surface area contributed by atoms with Crippen molar-refractivity contribution in [3.05, 3.63) is 62.8 Å². The first-order valence-electron chi connectivity index (χ1n) is 9.33. The topological polar surface area (TPSA) is 84.1 Å². The van der Waals surface area contributed by atoms with Crippen molar-refractivity contribution < 1.29 is 19.0 Å². The third-order valence-corrected chi connectivity index (χ3v) is 5.82. The molecule has 1 aromatic carbocycles. The molecule has 1 saturated heterocycles. The van der Waals surface area contributed by atoms with Crippen molar-refractivity contribution in [2.45, 2.75) is 19.4 Å². The number of benzene rings is 1. The van der Waals surface area contributed by atoms with Crippen LogP contribution in [-0.2, 0) is 17.7 Å². The molecule has 3 aromatic rings. The number of ether oxygens (including phenoxy) is 1. The molecule has 0 atom stereocenters. The number of nitrogens with zero attached hydrogens (tertiary/aromatic N) is 3. The van der Waals surface area contributed by atoms with E-state index in [4.69, 9.17) is 4.74 Å². The summed E-state index contributed by atoms with van der Waals surface area (Å²) in [5, 5.41) is 10.2. The molecule has 1 fully saturated rings. The summed E-state index contributed by atoms with van der Waals surface area (Å²) in [5.74, 6) is -1.40. The summed E-state index contributed by atoms with van der Waals surface area (Å²) in [6, 6.07) is 5.86. The minimum absolute atomic E-state index is 0.0633. The van der Waals surface area contributed by atoms with Gasteiger partial charge in [-0.2, -0.15) is 0 Å². The maximum absolute atomic E-state index is 13.0. The predicted octanol–water partition coefficient (Wildman–Crippen LogP) is 2.25. The Labute approximate surface area is 170 Å². The van der Waals surface area contributed by atoms with Crippen LogP contribution in [0.4, 0.5) is 4.39 Å². The summed E-state index contributed by atoms with van der Waals surface area (Å²) >= 11 is 1.33. The number of hydrogen-bond donors (Lipinski definition) is 1. The predicted molar refractivity (Wildman–Crippen MR) is 106 cm³/mol. The average molecular weight is 417 g/mol. The van der Waals surface area contributed by atoms with E-state index in [0.29, 0.717) is 31.1 Å².